The van der Waals surface area contributed by atoms with Crippen LogP contribution in [0.4, 0.5) is 5.82 Å². The second-order valence-corrected chi connectivity index (χ2v) is 4.01. The Morgan fingerprint density at radius 2 is 2.17 bits per heavy atom. The number of H-pyrrole nitrogens is 1. The molecule has 1 aromatic heterocycles. The van der Waals surface area contributed by atoms with Crippen molar-refractivity contribution < 1.29 is 4.79 Å². The van der Waals surface area contributed by atoms with Crippen LogP contribution in [-0.2, 0) is 11.2 Å². The second-order valence-electron chi connectivity index (χ2n) is 4.01. The minimum absolute atomic E-state index is 0.268. The lowest BCUT2D eigenvalue weighted by atomic mass is 10.1. The molecule has 0 aliphatic heterocycles. The first-order valence-corrected chi connectivity index (χ1v) is 5.86. The summed E-state index contributed by atoms with van der Waals surface area (Å²) in [4.78, 5) is 11.9. The zero-order valence-electron chi connectivity index (χ0n) is 10.2. The van der Waals surface area contributed by atoms with Gasteiger partial charge in [-0.3, -0.25) is 9.89 Å². The monoisotopic (exact) mass is 244 g/mol. The van der Waals surface area contributed by atoms with E-state index in [1.54, 1.807) is 6.07 Å². The first kappa shape index (κ1) is 12.3. The highest BCUT2D eigenvalue weighted by molar-refractivity contribution is 5.94. The summed E-state index contributed by atoms with van der Waals surface area (Å²) in [6.45, 7) is 2.01. The van der Waals surface area contributed by atoms with Crippen LogP contribution >= 0.6 is 0 Å². The molecule has 2 aromatic rings. The third-order valence-corrected chi connectivity index (χ3v) is 2.70. The first-order chi connectivity index (χ1) is 8.70. The van der Waals surface area contributed by atoms with Gasteiger partial charge in [-0.05, 0) is 12.0 Å². The van der Waals surface area contributed by atoms with Crippen LogP contribution in [0.25, 0.3) is 0 Å². The number of nitrogens with zero attached hydrogens (tertiary/aromatic N) is 1. The van der Waals surface area contributed by atoms with E-state index < -0.39 is 6.04 Å². The van der Waals surface area contributed by atoms with Crippen molar-refractivity contribution in [3.63, 3.8) is 0 Å². The lowest BCUT2D eigenvalue weighted by Crippen LogP contribution is -2.27. The molecular formula is C13H16N4O. The molecule has 0 saturated heterocycles. The largest absolute Gasteiger partial charge is 0.316 e. The number of amides is 1. The van der Waals surface area contributed by atoms with Crippen LogP contribution in [0.1, 0.15) is 24.2 Å². The van der Waals surface area contributed by atoms with E-state index in [1.165, 1.54) is 0 Å². The van der Waals surface area contributed by atoms with E-state index in [2.05, 4.69) is 15.5 Å². The molecule has 5 nitrogen and oxygen atoms in total. The summed E-state index contributed by atoms with van der Waals surface area (Å²) in [5.41, 5.74) is 7.63. The average Bonchev–Trinajstić information content (AvgIpc) is 2.86. The summed E-state index contributed by atoms with van der Waals surface area (Å²) in [6, 6.07) is 10.4. The number of aromatic amines is 1. The molecule has 0 fully saturated rings. The summed E-state index contributed by atoms with van der Waals surface area (Å²) in [6.07, 6.45) is 0.841. The summed E-state index contributed by atoms with van der Waals surface area (Å²) in [5, 5.41) is 9.51. The highest BCUT2D eigenvalue weighted by Crippen LogP contribution is 2.13. The minimum Gasteiger partial charge on any atom is -0.316 e. The highest BCUT2D eigenvalue weighted by Gasteiger charge is 2.16. The number of nitrogens with two attached hydrogens (primary N) is 1. The van der Waals surface area contributed by atoms with E-state index in [0.29, 0.717) is 5.82 Å². The van der Waals surface area contributed by atoms with Crippen molar-refractivity contribution in [3.8, 4) is 0 Å². The van der Waals surface area contributed by atoms with Crippen LogP contribution in [0.15, 0.2) is 36.4 Å². The van der Waals surface area contributed by atoms with Gasteiger partial charge in [-0.25, -0.2) is 0 Å². The Morgan fingerprint density at radius 3 is 2.78 bits per heavy atom. The van der Waals surface area contributed by atoms with Crippen LogP contribution in [0.3, 0.4) is 0 Å². The van der Waals surface area contributed by atoms with Gasteiger partial charge < -0.3 is 11.1 Å². The third-order valence-electron chi connectivity index (χ3n) is 2.70. The number of carbonyl (C=O) groups excluding carboxylic acids is 1. The number of aromatic nitrogens is 2. The topological polar surface area (TPSA) is 83.8 Å². The average molecular weight is 244 g/mol. The third kappa shape index (κ3) is 2.75. The van der Waals surface area contributed by atoms with Crippen molar-refractivity contribution in [3.05, 3.63) is 47.7 Å². The molecule has 5 heteroatoms. The molecule has 0 aliphatic carbocycles. The van der Waals surface area contributed by atoms with E-state index in [9.17, 15) is 4.79 Å². The van der Waals surface area contributed by atoms with E-state index in [1.807, 2.05) is 37.3 Å². The first-order valence-electron chi connectivity index (χ1n) is 5.86. The predicted molar refractivity (Wildman–Crippen MR) is 70.0 cm³/mol. The molecule has 94 valence electrons. The Hall–Kier alpha value is -2.14. The van der Waals surface area contributed by atoms with E-state index >= 15 is 0 Å². The van der Waals surface area contributed by atoms with Gasteiger partial charge >= 0.3 is 0 Å². The van der Waals surface area contributed by atoms with Crippen molar-refractivity contribution in [2.24, 2.45) is 5.73 Å². The smallest absolute Gasteiger partial charge is 0.247 e. The molecule has 18 heavy (non-hydrogen) atoms. The van der Waals surface area contributed by atoms with Gasteiger partial charge in [0.2, 0.25) is 5.91 Å². The van der Waals surface area contributed by atoms with Crippen molar-refractivity contribution in [2.45, 2.75) is 19.4 Å². The summed E-state index contributed by atoms with van der Waals surface area (Å²) in [7, 11) is 0. The fourth-order valence-electron chi connectivity index (χ4n) is 1.62. The van der Waals surface area contributed by atoms with E-state index in [-0.39, 0.29) is 5.91 Å². The Morgan fingerprint density at radius 1 is 1.44 bits per heavy atom. The minimum atomic E-state index is -0.687. The molecule has 0 bridgehead atoms. The fraction of sp³-hybridized carbons (Fsp3) is 0.231. The Labute approximate surface area is 105 Å². The number of rotatable bonds is 4. The van der Waals surface area contributed by atoms with Crippen LogP contribution in [-0.4, -0.2) is 16.1 Å². The lowest BCUT2D eigenvalue weighted by molar-refractivity contribution is -0.117. The van der Waals surface area contributed by atoms with Gasteiger partial charge in [0.25, 0.3) is 0 Å². The normalized spacial score (nSPS) is 12.1. The molecule has 1 amide bonds. The summed E-state index contributed by atoms with van der Waals surface area (Å²) >= 11 is 0. The van der Waals surface area contributed by atoms with Gasteiger partial charge in [0.15, 0.2) is 5.82 Å². The van der Waals surface area contributed by atoms with Gasteiger partial charge in [0.1, 0.15) is 6.04 Å². The molecule has 2 rings (SSSR count). The molecular weight excluding hydrogens is 228 g/mol. The van der Waals surface area contributed by atoms with Crippen LogP contribution < -0.4 is 11.1 Å². The molecule has 4 N–H and O–H groups in total. The van der Waals surface area contributed by atoms with E-state index in [0.717, 1.165) is 17.7 Å². The van der Waals surface area contributed by atoms with Gasteiger partial charge in [0, 0.05) is 11.8 Å². The van der Waals surface area contributed by atoms with Crippen molar-refractivity contribution in [2.75, 3.05) is 5.32 Å². The van der Waals surface area contributed by atoms with Crippen LogP contribution in [0.5, 0.6) is 0 Å². The fourth-order valence-corrected chi connectivity index (χ4v) is 1.62. The van der Waals surface area contributed by atoms with Crippen LogP contribution in [0.2, 0.25) is 0 Å². The van der Waals surface area contributed by atoms with Gasteiger partial charge in [0.05, 0.1) is 0 Å². The molecule has 0 radical (unpaired) electrons. The summed E-state index contributed by atoms with van der Waals surface area (Å²) in [5.74, 6) is 0.235. The van der Waals surface area contributed by atoms with Crippen molar-refractivity contribution in [1.29, 1.82) is 0 Å². The Bertz CT molecular complexity index is 521. The maximum atomic E-state index is 11.9. The van der Waals surface area contributed by atoms with Gasteiger partial charge in [-0.1, -0.05) is 37.3 Å². The molecule has 1 atom stereocenters. The van der Waals surface area contributed by atoms with Crippen LogP contribution in [0, 0.1) is 0 Å². The number of carbonyl (C=O) groups is 1. The highest BCUT2D eigenvalue weighted by atomic mass is 16.2. The SMILES string of the molecule is CCc1cc(NC(=O)C(N)c2ccccc2)n[nH]1. The van der Waals surface area contributed by atoms with Crippen molar-refractivity contribution in [1.82, 2.24) is 10.2 Å². The molecule has 0 saturated carbocycles. The van der Waals surface area contributed by atoms with Gasteiger partial charge in [-0.15, -0.1) is 0 Å². The number of aryl methyl sites for hydroxylation is 1. The summed E-state index contributed by atoms with van der Waals surface area (Å²) < 4.78 is 0. The number of anilines is 1. The molecule has 0 aliphatic rings. The molecule has 0 spiro atoms. The number of hydrogen-bond donors (Lipinski definition) is 3. The molecule has 1 unspecified atom stereocenters. The predicted octanol–water partition coefficient (Wildman–Crippen LogP) is 1.61. The number of hydrogen-bond acceptors (Lipinski definition) is 3. The zero-order chi connectivity index (χ0) is 13.0. The maximum Gasteiger partial charge on any atom is 0.247 e. The second kappa shape index (κ2) is 5.46. The lowest BCUT2D eigenvalue weighted by Gasteiger charge is -2.10. The van der Waals surface area contributed by atoms with E-state index in [4.69, 9.17) is 5.73 Å². The molecule has 1 heterocycles. The van der Waals surface area contributed by atoms with Crippen molar-refractivity contribution >= 4 is 11.7 Å². The maximum absolute atomic E-state index is 11.9. The number of benzene rings is 1. The number of nitrogens with one attached hydrogen (secondary N) is 2. The Balaban J connectivity index is 2.04. The zero-order valence-corrected chi connectivity index (χ0v) is 10.2. The van der Waals surface area contributed by atoms with Gasteiger partial charge in [-0.2, -0.15) is 5.10 Å². The standard InChI is InChI=1S/C13H16N4O/c1-2-10-8-11(17-16-10)15-13(18)12(14)9-6-4-3-5-7-9/h3-8,12H,2,14H2,1H3,(H2,15,16,17,18). The molecule has 1 aromatic carbocycles. The Kier molecular flexibility index (Phi) is 3.74. The quantitative estimate of drug-likeness (QED) is 0.764.